The zero-order chi connectivity index (χ0) is 18.2. The molecule has 0 aromatic heterocycles. The molecule has 0 saturated carbocycles. The van der Waals surface area contributed by atoms with Crippen LogP contribution >= 0.6 is 11.6 Å². The van der Waals surface area contributed by atoms with Crippen molar-refractivity contribution in [3.8, 4) is 5.75 Å². The molecule has 144 valence electrons. The van der Waals surface area contributed by atoms with Gasteiger partial charge in [-0.25, -0.2) is 0 Å². The van der Waals surface area contributed by atoms with Gasteiger partial charge in [0, 0.05) is 76.9 Å². The van der Waals surface area contributed by atoms with Gasteiger partial charge in [-0.15, -0.1) is 0 Å². The van der Waals surface area contributed by atoms with Crippen molar-refractivity contribution in [3.63, 3.8) is 0 Å². The Morgan fingerprint density at radius 2 is 1.58 bits per heavy atom. The van der Waals surface area contributed by atoms with E-state index in [-0.39, 0.29) is 0 Å². The van der Waals surface area contributed by atoms with Crippen molar-refractivity contribution in [1.29, 1.82) is 0 Å². The summed E-state index contributed by atoms with van der Waals surface area (Å²) >= 11 is 5.88. The number of carbonyl (C=O) groups excluding carboxylic acids is 1. The first kappa shape index (κ1) is 19.4. The molecule has 2 fully saturated rings. The van der Waals surface area contributed by atoms with E-state index in [1.54, 1.807) is 0 Å². The van der Waals surface area contributed by atoms with Gasteiger partial charge in [0.25, 0.3) is 0 Å². The minimum Gasteiger partial charge on any atom is -0.492 e. The van der Waals surface area contributed by atoms with Crippen molar-refractivity contribution in [2.24, 2.45) is 0 Å². The molecule has 1 N–H and O–H groups in total. The molecule has 2 heterocycles. The standard InChI is InChI=1S/C19H29ClN4O2/c20-17-1-3-18(4-2-17)26-16-15-23-13-11-22(12-14-23)8-5-19(25)24-9-6-21-7-10-24/h1-4,21H,5-16H2. The van der Waals surface area contributed by atoms with Crippen molar-refractivity contribution in [3.05, 3.63) is 29.3 Å². The largest absolute Gasteiger partial charge is 0.492 e. The van der Waals surface area contributed by atoms with Crippen LogP contribution in [0.4, 0.5) is 0 Å². The zero-order valence-electron chi connectivity index (χ0n) is 15.3. The number of hydrogen-bond acceptors (Lipinski definition) is 5. The first-order valence-corrected chi connectivity index (χ1v) is 9.90. The molecule has 3 rings (SSSR count). The van der Waals surface area contributed by atoms with E-state index >= 15 is 0 Å². The molecule has 2 aliphatic heterocycles. The highest BCUT2D eigenvalue weighted by atomic mass is 35.5. The smallest absolute Gasteiger partial charge is 0.223 e. The van der Waals surface area contributed by atoms with Crippen molar-refractivity contribution < 1.29 is 9.53 Å². The normalized spacial score (nSPS) is 19.5. The summed E-state index contributed by atoms with van der Waals surface area (Å²) < 4.78 is 5.77. The van der Waals surface area contributed by atoms with Crippen LogP contribution in [0.25, 0.3) is 0 Å². The fraction of sp³-hybridized carbons (Fsp3) is 0.632. The molecule has 0 aliphatic carbocycles. The Morgan fingerprint density at radius 3 is 2.23 bits per heavy atom. The Labute approximate surface area is 161 Å². The molecule has 1 aromatic carbocycles. The van der Waals surface area contributed by atoms with Gasteiger partial charge >= 0.3 is 0 Å². The predicted molar refractivity (Wildman–Crippen MR) is 104 cm³/mol. The second kappa shape index (κ2) is 10.1. The average Bonchev–Trinajstić information content (AvgIpc) is 2.69. The number of piperazine rings is 2. The summed E-state index contributed by atoms with van der Waals surface area (Å²) in [7, 11) is 0. The first-order valence-electron chi connectivity index (χ1n) is 9.52. The molecule has 26 heavy (non-hydrogen) atoms. The second-order valence-corrected chi connectivity index (χ2v) is 7.30. The van der Waals surface area contributed by atoms with Crippen molar-refractivity contribution in [2.75, 3.05) is 72.1 Å². The summed E-state index contributed by atoms with van der Waals surface area (Å²) in [6, 6.07) is 7.49. The Bertz CT molecular complexity index is 555. The third-order valence-electron chi connectivity index (χ3n) is 5.07. The molecule has 0 bridgehead atoms. The summed E-state index contributed by atoms with van der Waals surface area (Å²) in [6.07, 6.45) is 0.639. The maximum atomic E-state index is 12.2. The number of amides is 1. The second-order valence-electron chi connectivity index (χ2n) is 6.87. The van der Waals surface area contributed by atoms with Crippen LogP contribution in [0.5, 0.6) is 5.75 Å². The Hall–Kier alpha value is -1.34. The molecular weight excluding hydrogens is 352 g/mol. The third kappa shape index (κ3) is 6.13. The summed E-state index contributed by atoms with van der Waals surface area (Å²) in [5, 5.41) is 4.01. The molecule has 0 unspecified atom stereocenters. The number of benzene rings is 1. The topological polar surface area (TPSA) is 48.1 Å². The van der Waals surface area contributed by atoms with Crippen LogP contribution in [0.2, 0.25) is 5.02 Å². The highest BCUT2D eigenvalue weighted by Gasteiger charge is 2.20. The van der Waals surface area contributed by atoms with Gasteiger partial charge in [-0.1, -0.05) is 11.6 Å². The molecular formula is C19H29ClN4O2. The van der Waals surface area contributed by atoms with Crippen LogP contribution in [0.1, 0.15) is 6.42 Å². The number of rotatable bonds is 7. The van der Waals surface area contributed by atoms with Crippen LogP contribution in [-0.4, -0.2) is 92.7 Å². The molecule has 1 amide bonds. The van der Waals surface area contributed by atoms with E-state index in [9.17, 15) is 4.79 Å². The number of nitrogens with one attached hydrogen (secondary N) is 1. The van der Waals surface area contributed by atoms with Crippen molar-refractivity contribution in [1.82, 2.24) is 20.0 Å². The minimum absolute atomic E-state index is 0.297. The van der Waals surface area contributed by atoms with E-state index in [2.05, 4.69) is 15.1 Å². The summed E-state index contributed by atoms with van der Waals surface area (Å²) in [5.41, 5.74) is 0. The number of ether oxygens (including phenoxy) is 1. The lowest BCUT2D eigenvalue weighted by molar-refractivity contribution is -0.132. The fourth-order valence-corrected chi connectivity index (χ4v) is 3.51. The Balaban J connectivity index is 1.27. The van der Waals surface area contributed by atoms with E-state index in [4.69, 9.17) is 16.3 Å². The summed E-state index contributed by atoms with van der Waals surface area (Å²) in [5.74, 6) is 1.16. The van der Waals surface area contributed by atoms with Crippen molar-refractivity contribution >= 4 is 17.5 Å². The van der Waals surface area contributed by atoms with E-state index < -0.39 is 0 Å². The predicted octanol–water partition coefficient (Wildman–Crippen LogP) is 1.16. The minimum atomic E-state index is 0.297. The van der Waals surface area contributed by atoms with Crippen LogP contribution in [0.15, 0.2) is 24.3 Å². The number of carbonyl (C=O) groups is 1. The van der Waals surface area contributed by atoms with E-state index in [0.29, 0.717) is 18.9 Å². The van der Waals surface area contributed by atoms with E-state index in [1.807, 2.05) is 29.2 Å². The lowest BCUT2D eigenvalue weighted by Gasteiger charge is -2.35. The van der Waals surface area contributed by atoms with E-state index in [1.165, 1.54) is 0 Å². The third-order valence-corrected chi connectivity index (χ3v) is 5.32. The monoisotopic (exact) mass is 380 g/mol. The molecule has 2 aliphatic rings. The number of hydrogen-bond donors (Lipinski definition) is 1. The lowest BCUT2D eigenvalue weighted by Crippen LogP contribution is -2.49. The zero-order valence-corrected chi connectivity index (χ0v) is 16.1. The average molecular weight is 381 g/mol. The maximum Gasteiger partial charge on any atom is 0.223 e. The first-order chi connectivity index (χ1) is 12.7. The maximum absolute atomic E-state index is 12.2. The highest BCUT2D eigenvalue weighted by molar-refractivity contribution is 6.30. The fourth-order valence-electron chi connectivity index (χ4n) is 3.39. The molecule has 0 atom stereocenters. The lowest BCUT2D eigenvalue weighted by atomic mass is 10.2. The Morgan fingerprint density at radius 1 is 0.962 bits per heavy atom. The van der Waals surface area contributed by atoms with Gasteiger partial charge in [0.2, 0.25) is 5.91 Å². The summed E-state index contributed by atoms with van der Waals surface area (Å²) in [6.45, 7) is 10.1. The van der Waals surface area contributed by atoms with Gasteiger partial charge in [-0.05, 0) is 24.3 Å². The van der Waals surface area contributed by atoms with Gasteiger partial charge in [0.1, 0.15) is 12.4 Å². The Kier molecular flexibility index (Phi) is 7.55. The molecule has 7 heteroatoms. The molecule has 6 nitrogen and oxygen atoms in total. The van der Waals surface area contributed by atoms with E-state index in [0.717, 1.165) is 76.2 Å². The molecule has 0 spiro atoms. The summed E-state index contributed by atoms with van der Waals surface area (Å²) in [4.78, 5) is 19.0. The number of halogens is 1. The molecule has 2 saturated heterocycles. The van der Waals surface area contributed by atoms with Crippen LogP contribution in [0.3, 0.4) is 0 Å². The molecule has 1 aromatic rings. The van der Waals surface area contributed by atoms with Gasteiger partial charge in [-0.3, -0.25) is 9.69 Å². The quantitative estimate of drug-likeness (QED) is 0.769. The highest BCUT2D eigenvalue weighted by Crippen LogP contribution is 2.15. The van der Waals surface area contributed by atoms with Gasteiger partial charge in [0.05, 0.1) is 0 Å². The van der Waals surface area contributed by atoms with Crippen molar-refractivity contribution in [2.45, 2.75) is 6.42 Å². The van der Waals surface area contributed by atoms with Gasteiger partial charge < -0.3 is 19.9 Å². The van der Waals surface area contributed by atoms with Crippen LogP contribution in [0, 0.1) is 0 Å². The SMILES string of the molecule is O=C(CCN1CCN(CCOc2ccc(Cl)cc2)CC1)N1CCNCC1. The van der Waals surface area contributed by atoms with Crippen LogP contribution < -0.4 is 10.1 Å². The van der Waals surface area contributed by atoms with Gasteiger partial charge in [0.15, 0.2) is 0 Å². The van der Waals surface area contributed by atoms with Gasteiger partial charge in [-0.2, -0.15) is 0 Å². The van der Waals surface area contributed by atoms with Crippen LogP contribution in [-0.2, 0) is 4.79 Å². The molecule has 0 radical (unpaired) electrons. The number of nitrogens with zero attached hydrogens (tertiary/aromatic N) is 3.